The molecule has 0 bridgehead atoms. The van der Waals surface area contributed by atoms with Crippen molar-refractivity contribution in [3.05, 3.63) is 22.8 Å². The van der Waals surface area contributed by atoms with Crippen LogP contribution in [0, 0.1) is 11.8 Å². The molecule has 0 aliphatic heterocycles. The summed E-state index contributed by atoms with van der Waals surface area (Å²) in [6, 6.07) is 3.41. The van der Waals surface area contributed by atoms with E-state index in [1.807, 2.05) is 0 Å². The fourth-order valence-electron chi connectivity index (χ4n) is 1.43. The number of anilines is 1. The molecule has 2 atom stereocenters. The Morgan fingerprint density at radius 2 is 2.19 bits per heavy atom. The number of hydrogen-bond donors (Lipinski definition) is 2. The first kappa shape index (κ1) is 11.1. The lowest BCUT2D eigenvalue weighted by Crippen LogP contribution is -2.17. The molecular formula is C10H9BrN2O3. The van der Waals surface area contributed by atoms with E-state index in [0.29, 0.717) is 12.2 Å². The molecule has 0 saturated heterocycles. The summed E-state index contributed by atoms with van der Waals surface area (Å²) in [4.78, 5) is 26.1. The van der Waals surface area contributed by atoms with E-state index >= 15 is 0 Å². The third-order valence-electron chi connectivity index (χ3n) is 2.42. The minimum absolute atomic E-state index is 0.276. The SMILES string of the molecule is O=C(O)C1CC1C(=O)Nc1ccc(Br)cn1. The second-order valence-corrected chi connectivity index (χ2v) is 4.55. The summed E-state index contributed by atoms with van der Waals surface area (Å²) in [6.07, 6.45) is 1.98. The number of carbonyl (C=O) groups is 2. The standard InChI is InChI=1S/C10H9BrN2O3/c11-5-1-2-8(12-4-5)13-9(14)6-3-7(6)10(15)16/h1-2,4,6-7H,3H2,(H,15,16)(H,12,13,14). The van der Waals surface area contributed by atoms with Gasteiger partial charge in [-0.1, -0.05) is 0 Å². The number of nitrogens with one attached hydrogen (secondary N) is 1. The molecule has 2 N–H and O–H groups in total. The van der Waals surface area contributed by atoms with Gasteiger partial charge >= 0.3 is 5.97 Å². The zero-order valence-electron chi connectivity index (χ0n) is 8.18. The molecule has 1 aromatic rings. The van der Waals surface area contributed by atoms with Crippen molar-refractivity contribution in [3.63, 3.8) is 0 Å². The van der Waals surface area contributed by atoms with E-state index in [2.05, 4.69) is 26.2 Å². The number of carboxylic acid groups (broad SMARTS) is 1. The zero-order chi connectivity index (χ0) is 11.7. The van der Waals surface area contributed by atoms with Gasteiger partial charge in [0.1, 0.15) is 5.82 Å². The Bertz CT molecular complexity index is 432. The predicted octanol–water partition coefficient (Wildman–Crippen LogP) is 1.50. The highest BCUT2D eigenvalue weighted by molar-refractivity contribution is 9.10. The van der Waals surface area contributed by atoms with Crippen molar-refractivity contribution in [1.29, 1.82) is 0 Å². The summed E-state index contributed by atoms with van der Waals surface area (Å²) < 4.78 is 0.820. The molecule has 0 aromatic carbocycles. The number of rotatable bonds is 3. The Morgan fingerprint density at radius 3 is 2.69 bits per heavy atom. The zero-order valence-corrected chi connectivity index (χ0v) is 9.77. The lowest BCUT2D eigenvalue weighted by molar-refractivity contribution is -0.139. The minimum atomic E-state index is -0.913. The summed E-state index contributed by atoms with van der Waals surface area (Å²) in [5, 5.41) is 11.3. The number of amides is 1. The van der Waals surface area contributed by atoms with Crippen molar-refractivity contribution in [2.45, 2.75) is 6.42 Å². The fourth-order valence-corrected chi connectivity index (χ4v) is 1.66. The van der Waals surface area contributed by atoms with Crippen LogP contribution in [-0.2, 0) is 9.59 Å². The summed E-state index contributed by atoms with van der Waals surface area (Å²) in [7, 11) is 0. The van der Waals surface area contributed by atoms with Crippen molar-refractivity contribution in [1.82, 2.24) is 4.98 Å². The van der Waals surface area contributed by atoms with E-state index in [4.69, 9.17) is 5.11 Å². The number of hydrogen-bond acceptors (Lipinski definition) is 3. The molecule has 0 radical (unpaired) electrons. The number of halogens is 1. The molecule has 2 unspecified atom stereocenters. The van der Waals surface area contributed by atoms with Crippen molar-refractivity contribution < 1.29 is 14.7 Å². The Morgan fingerprint density at radius 1 is 1.44 bits per heavy atom. The highest BCUT2D eigenvalue weighted by Crippen LogP contribution is 2.39. The summed E-state index contributed by atoms with van der Waals surface area (Å²) in [6.45, 7) is 0. The lowest BCUT2D eigenvalue weighted by atomic mass is 10.3. The maximum absolute atomic E-state index is 11.5. The molecule has 2 rings (SSSR count). The van der Waals surface area contributed by atoms with Crippen molar-refractivity contribution >= 4 is 33.6 Å². The number of aliphatic carboxylic acids is 1. The third kappa shape index (κ3) is 2.38. The van der Waals surface area contributed by atoms with Crippen molar-refractivity contribution in [2.24, 2.45) is 11.8 Å². The fraction of sp³-hybridized carbons (Fsp3) is 0.300. The van der Waals surface area contributed by atoms with E-state index < -0.39 is 17.8 Å². The molecule has 16 heavy (non-hydrogen) atoms. The predicted molar refractivity (Wildman–Crippen MR) is 59.8 cm³/mol. The van der Waals surface area contributed by atoms with E-state index in [9.17, 15) is 9.59 Å². The second kappa shape index (κ2) is 4.21. The second-order valence-electron chi connectivity index (χ2n) is 3.64. The minimum Gasteiger partial charge on any atom is -0.481 e. The molecule has 1 fully saturated rings. The number of pyridine rings is 1. The molecule has 1 saturated carbocycles. The van der Waals surface area contributed by atoms with Gasteiger partial charge < -0.3 is 10.4 Å². The molecule has 1 aromatic heterocycles. The molecule has 5 nitrogen and oxygen atoms in total. The van der Waals surface area contributed by atoms with Crippen LogP contribution < -0.4 is 5.32 Å². The highest BCUT2D eigenvalue weighted by atomic mass is 79.9. The van der Waals surface area contributed by atoms with Crippen LogP contribution in [0.15, 0.2) is 22.8 Å². The molecular weight excluding hydrogens is 276 g/mol. The van der Waals surface area contributed by atoms with Crippen LogP contribution in [0.1, 0.15) is 6.42 Å². The average molecular weight is 285 g/mol. The van der Waals surface area contributed by atoms with E-state index in [-0.39, 0.29) is 5.91 Å². The number of carbonyl (C=O) groups excluding carboxylic acids is 1. The number of aromatic nitrogens is 1. The Kier molecular flexibility index (Phi) is 2.91. The molecule has 84 valence electrons. The molecule has 0 spiro atoms. The maximum Gasteiger partial charge on any atom is 0.307 e. The first-order valence-corrected chi connectivity index (χ1v) is 5.52. The highest BCUT2D eigenvalue weighted by Gasteiger charge is 2.48. The Hall–Kier alpha value is -1.43. The molecule has 1 aliphatic carbocycles. The summed E-state index contributed by atoms with van der Waals surface area (Å²) in [5.74, 6) is -1.70. The first-order valence-electron chi connectivity index (χ1n) is 4.73. The molecule has 1 amide bonds. The van der Waals surface area contributed by atoms with Gasteiger partial charge in [-0.2, -0.15) is 0 Å². The average Bonchev–Trinajstić information content (AvgIpc) is 3.01. The van der Waals surface area contributed by atoms with Gasteiger partial charge in [-0.25, -0.2) is 4.98 Å². The van der Waals surface area contributed by atoms with Gasteiger partial charge in [0, 0.05) is 10.7 Å². The lowest BCUT2D eigenvalue weighted by Gasteiger charge is -2.02. The smallest absolute Gasteiger partial charge is 0.307 e. The number of carboxylic acids is 1. The summed E-state index contributed by atoms with van der Waals surface area (Å²) in [5.41, 5.74) is 0. The van der Waals surface area contributed by atoms with E-state index in [1.165, 1.54) is 0 Å². The van der Waals surface area contributed by atoms with Crippen LogP contribution in [0.25, 0.3) is 0 Å². The molecule has 1 heterocycles. The normalized spacial score (nSPS) is 22.6. The maximum atomic E-state index is 11.5. The van der Waals surface area contributed by atoms with E-state index in [0.717, 1.165) is 4.47 Å². The van der Waals surface area contributed by atoms with Gasteiger partial charge in [0.2, 0.25) is 5.91 Å². The van der Waals surface area contributed by atoms with Crippen molar-refractivity contribution in [3.8, 4) is 0 Å². The number of nitrogens with zero attached hydrogens (tertiary/aromatic N) is 1. The van der Waals surface area contributed by atoms with Gasteiger partial charge in [-0.05, 0) is 34.5 Å². The van der Waals surface area contributed by atoms with Crippen LogP contribution in [-0.4, -0.2) is 22.0 Å². The largest absolute Gasteiger partial charge is 0.481 e. The Balaban J connectivity index is 1.94. The van der Waals surface area contributed by atoms with Gasteiger partial charge in [-0.3, -0.25) is 9.59 Å². The van der Waals surface area contributed by atoms with Crippen LogP contribution in [0.4, 0.5) is 5.82 Å². The van der Waals surface area contributed by atoms with Gasteiger partial charge in [0.05, 0.1) is 11.8 Å². The molecule has 6 heteroatoms. The quantitative estimate of drug-likeness (QED) is 0.882. The topological polar surface area (TPSA) is 79.3 Å². The monoisotopic (exact) mass is 284 g/mol. The van der Waals surface area contributed by atoms with Gasteiger partial charge in [0.25, 0.3) is 0 Å². The van der Waals surface area contributed by atoms with E-state index in [1.54, 1.807) is 18.3 Å². The van der Waals surface area contributed by atoms with Crippen LogP contribution in [0.2, 0.25) is 0 Å². The van der Waals surface area contributed by atoms with Crippen molar-refractivity contribution in [2.75, 3.05) is 5.32 Å². The summed E-state index contributed by atoms with van der Waals surface area (Å²) >= 11 is 3.23. The third-order valence-corrected chi connectivity index (χ3v) is 2.89. The van der Waals surface area contributed by atoms with Crippen LogP contribution in [0.5, 0.6) is 0 Å². The van der Waals surface area contributed by atoms with Gasteiger partial charge in [-0.15, -0.1) is 0 Å². The van der Waals surface area contributed by atoms with Gasteiger partial charge in [0.15, 0.2) is 0 Å². The van der Waals surface area contributed by atoms with Crippen LogP contribution >= 0.6 is 15.9 Å². The van der Waals surface area contributed by atoms with Crippen LogP contribution in [0.3, 0.4) is 0 Å². The Labute approximate surface area is 100 Å². The molecule has 1 aliphatic rings. The first-order chi connectivity index (χ1) is 7.58.